The maximum absolute atomic E-state index is 10.9. The quantitative estimate of drug-likeness (QED) is 0.0494. The SMILES string of the molecule is COc1cccc2cc3oc(/C=C/C=C4\N(CCCCCC(=O)O)c5ccc(OOOS)cc5C4(C)C)nc3[n+](C)c12. The number of thiol groups is 1. The number of allylic oxidation sites excluding steroid dienone is 3. The number of carbonyl (C=O) groups is 1. The summed E-state index contributed by atoms with van der Waals surface area (Å²) in [5, 5.41) is 14.5. The summed E-state index contributed by atoms with van der Waals surface area (Å²) in [5.74, 6) is 0.969. The zero-order valence-electron chi connectivity index (χ0n) is 24.0. The number of para-hydroxylation sites is 1. The molecule has 0 spiro atoms. The predicted octanol–water partition coefficient (Wildman–Crippen LogP) is 6.24. The van der Waals surface area contributed by atoms with Crippen molar-refractivity contribution in [2.45, 2.75) is 44.9 Å². The number of aliphatic carboxylic acids is 1. The molecule has 1 aliphatic rings. The van der Waals surface area contributed by atoms with E-state index in [1.807, 2.05) is 60.2 Å². The van der Waals surface area contributed by atoms with Crippen LogP contribution in [0.5, 0.6) is 11.5 Å². The molecule has 0 bridgehead atoms. The first-order chi connectivity index (χ1) is 20.2. The van der Waals surface area contributed by atoms with Crippen molar-refractivity contribution < 1.29 is 37.9 Å². The fourth-order valence-electron chi connectivity index (χ4n) is 5.62. The van der Waals surface area contributed by atoms with Gasteiger partial charge in [-0.05, 0) is 53.8 Å². The van der Waals surface area contributed by atoms with E-state index >= 15 is 0 Å². The number of oxazole rings is 1. The Labute approximate surface area is 249 Å². The van der Waals surface area contributed by atoms with E-state index in [0.717, 1.165) is 58.6 Å². The van der Waals surface area contributed by atoms with Crippen molar-refractivity contribution in [3.05, 3.63) is 71.8 Å². The lowest BCUT2D eigenvalue weighted by atomic mass is 9.83. The normalized spacial score (nSPS) is 15.3. The van der Waals surface area contributed by atoms with Crippen LogP contribution in [0.4, 0.5) is 5.69 Å². The molecule has 0 aliphatic carbocycles. The van der Waals surface area contributed by atoms with Crippen molar-refractivity contribution in [3.8, 4) is 11.5 Å². The van der Waals surface area contributed by atoms with Gasteiger partial charge in [-0.1, -0.05) is 38.5 Å². The number of methoxy groups -OCH3 is 1. The molecule has 2 aromatic carbocycles. The van der Waals surface area contributed by atoms with Gasteiger partial charge in [-0.2, -0.15) is 0 Å². The maximum atomic E-state index is 10.9. The number of rotatable bonds is 12. The number of aryl methyl sites for hydroxylation is 1. The molecule has 4 aromatic rings. The largest absolute Gasteiger partial charge is 0.492 e. The van der Waals surface area contributed by atoms with Crippen LogP contribution >= 0.6 is 12.9 Å². The van der Waals surface area contributed by atoms with Crippen LogP contribution in [0, 0.1) is 0 Å². The lowest BCUT2D eigenvalue weighted by Crippen LogP contribution is -2.30. The van der Waals surface area contributed by atoms with Gasteiger partial charge < -0.3 is 24.0 Å². The van der Waals surface area contributed by atoms with E-state index in [1.165, 1.54) is 0 Å². The summed E-state index contributed by atoms with van der Waals surface area (Å²) in [5.41, 5.74) is 5.15. The lowest BCUT2D eigenvalue weighted by molar-refractivity contribution is -0.619. The molecule has 0 atom stereocenters. The molecule has 1 N–H and O–H groups in total. The summed E-state index contributed by atoms with van der Waals surface area (Å²) in [6.07, 6.45) is 8.34. The second-order valence-corrected chi connectivity index (χ2v) is 10.8. The lowest BCUT2D eigenvalue weighted by Gasteiger charge is -2.27. The first-order valence-electron chi connectivity index (χ1n) is 13.7. The van der Waals surface area contributed by atoms with Crippen molar-refractivity contribution >= 4 is 52.8 Å². The smallest absolute Gasteiger partial charge is 0.371 e. The minimum absolute atomic E-state index is 0.173. The minimum atomic E-state index is -0.770. The first-order valence-corrected chi connectivity index (χ1v) is 14.0. The summed E-state index contributed by atoms with van der Waals surface area (Å²) in [6, 6.07) is 13.6. The fraction of sp³-hybridized carbons (Fsp3) is 0.323. The van der Waals surface area contributed by atoms with Crippen LogP contribution in [-0.4, -0.2) is 29.7 Å². The van der Waals surface area contributed by atoms with Crippen LogP contribution in [0.3, 0.4) is 0 Å². The van der Waals surface area contributed by atoms with Crippen molar-refractivity contribution in [1.29, 1.82) is 0 Å². The van der Waals surface area contributed by atoms with Crippen LogP contribution in [-0.2, 0) is 26.6 Å². The van der Waals surface area contributed by atoms with Gasteiger partial charge in [0.1, 0.15) is 0 Å². The Morgan fingerprint density at radius 2 is 2.02 bits per heavy atom. The van der Waals surface area contributed by atoms with Crippen LogP contribution in [0.2, 0.25) is 0 Å². The van der Waals surface area contributed by atoms with Gasteiger partial charge in [0.15, 0.2) is 17.0 Å². The molecule has 0 unspecified atom stereocenters. The van der Waals surface area contributed by atoms with E-state index in [-0.39, 0.29) is 11.8 Å². The van der Waals surface area contributed by atoms with Crippen LogP contribution in [0.15, 0.2) is 64.7 Å². The van der Waals surface area contributed by atoms with E-state index in [1.54, 1.807) is 13.2 Å². The van der Waals surface area contributed by atoms with Crippen LogP contribution in [0.1, 0.15) is 51.0 Å². The van der Waals surface area contributed by atoms with Crippen molar-refractivity contribution in [3.63, 3.8) is 0 Å². The summed E-state index contributed by atoms with van der Waals surface area (Å²) in [4.78, 5) is 23.1. The third-order valence-corrected chi connectivity index (χ3v) is 7.69. The predicted molar refractivity (Wildman–Crippen MR) is 161 cm³/mol. The molecule has 0 amide bonds. The van der Waals surface area contributed by atoms with Crippen LogP contribution < -0.4 is 19.1 Å². The van der Waals surface area contributed by atoms with Crippen molar-refractivity contribution in [2.75, 3.05) is 18.6 Å². The zero-order chi connectivity index (χ0) is 29.9. The molecule has 1 aliphatic heterocycles. The summed E-state index contributed by atoms with van der Waals surface area (Å²) >= 11 is 3.55. The second-order valence-electron chi connectivity index (χ2n) is 10.6. The highest BCUT2D eigenvalue weighted by Crippen LogP contribution is 2.49. The van der Waals surface area contributed by atoms with E-state index in [2.05, 4.69) is 47.1 Å². The zero-order valence-corrected chi connectivity index (χ0v) is 24.9. The van der Waals surface area contributed by atoms with Crippen molar-refractivity contribution in [2.24, 2.45) is 7.05 Å². The molecule has 10 nitrogen and oxygen atoms in total. The molecule has 0 fully saturated rings. The molecule has 2 aromatic heterocycles. The Balaban J connectivity index is 1.45. The number of aromatic nitrogens is 2. The van der Waals surface area contributed by atoms with Gasteiger partial charge in [0, 0.05) is 65.2 Å². The van der Waals surface area contributed by atoms with E-state index in [9.17, 15) is 4.79 Å². The monoisotopic (exact) mass is 592 g/mol. The number of nitrogens with zero attached hydrogens (tertiary/aromatic N) is 3. The number of hydrogen-bond acceptors (Lipinski definition) is 9. The molecule has 42 heavy (non-hydrogen) atoms. The van der Waals surface area contributed by atoms with E-state index in [4.69, 9.17) is 24.1 Å². The molecular weight excluding hydrogens is 558 g/mol. The third kappa shape index (κ3) is 5.80. The molecule has 0 saturated carbocycles. The van der Waals surface area contributed by atoms with Crippen LogP contribution in [0.25, 0.3) is 28.2 Å². The summed E-state index contributed by atoms with van der Waals surface area (Å²) in [6.45, 7) is 5.03. The van der Waals surface area contributed by atoms with E-state index < -0.39 is 5.97 Å². The number of benzene rings is 2. The standard InChI is InChI=1S/C31H33N3O7S/c1-31(2)22-19-21(39-40-41-42)15-16-23(22)34(17-7-5-6-14-28(35)36)26(31)12-9-13-27-32-30-25(38-27)18-20-10-8-11-24(37-4)29(20)33(30)3/h8-13,15-16,18-19H,5-7,14,17H2,1-4H3,(H-,35,36,42)/p+1. The molecule has 0 saturated heterocycles. The number of unbranched alkanes of at least 4 members (excludes halogenated alkanes) is 2. The summed E-state index contributed by atoms with van der Waals surface area (Å²) in [7, 11) is 3.60. The number of carboxylic acid groups (broad SMARTS) is 1. The Hall–Kier alpha value is -4.06. The maximum Gasteiger partial charge on any atom is 0.371 e. The third-order valence-electron chi connectivity index (χ3n) is 7.63. The van der Waals surface area contributed by atoms with E-state index in [0.29, 0.717) is 23.6 Å². The van der Waals surface area contributed by atoms with Crippen molar-refractivity contribution in [1.82, 2.24) is 4.98 Å². The van der Waals surface area contributed by atoms with Gasteiger partial charge in [0.05, 0.1) is 14.2 Å². The van der Waals surface area contributed by atoms with Gasteiger partial charge >= 0.3 is 17.5 Å². The van der Waals surface area contributed by atoms with Gasteiger partial charge in [0.2, 0.25) is 5.58 Å². The number of ether oxygens (including phenoxy) is 1. The average Bonchev–Trinajstić information content (AvgIpc) is 3.47. The molecule has 3 heterocycles. The Bertz CT molecular complexity index is 1680. The number of anilines is 1. The van der Waals surface area contributed by atoms with Gasteiger partial charge in [-0.25, -0.2) is 4.57 Å². The molecule has 11 heteroatoms. The van der Waals surface area contributed by atoms with Gasteiger partial charge in [0.25, 0.3) is 0 Å². The molecular formula is C31H34N3O7S+. The first kappa shape index (κ1) is 29.4. The molecule has 0 radical (unpaired) electrons. The Morgan fingerprint density at radius 3 is 2.79 bits per heavy atom. The van der Waals surface area contributed by atoms with Gasteiger partial charge in [-0.15, -0.1) is 4.33 Å². The molecule has 220 valence electrons. The minimum Gasteiger partial charge on any atom is -0.492 e. The second kappa shape index (κ2) is 12.4. The number of carboxylic acids is 1. The number of fused-ring (bicyclic) bond motifs is 3. The Morgan fingerprint density at radius 1 is 1.19 bits per heavy atom. The molecule has 5 rings (SSSR count). The fourth-order valence-corrected chi connectivity index (χ4v) is 5.65. The summed E-state index contributed by atoms with van der Waals surface area (Å²) < 4.78 is 17.9. The highest BCUT2D eigenvalue weighted by molar-refractivity contribution is 7.74. The Kier molecular flexibility index (Phi) is 8.72. The topological polar surface area (TPSA) is 107 Å². The number of pyridine rings is 1. The highest BCUT2D eigenvalue weighted by atomic mass is 32.1. The number of hydrogen-bond donors (Lipinski definition) is 2. The van der Waals surface area contributed by atoms with Gasteiger partial charge in [-0.3, -0.25) is 4.79 Å². The highest BCUT2D eigenvalue weighted by Gasteiger charge is 2.40. The average molecular weight is 593 g/mol.